The molecule has 1 aliphatic rings. The standard InChI is InChI=1S/C10H22N4O3S/c1-3-9(10(11)12-15)13-5-7-14(8-6-13)18(16,17)4-2/h9,15H,3-8H2,1-2H3,(H2,11,12). The number of sulfonamides is 1. The molecule has 1 rings (SSSR count). The van der Waals surface area contributed by atoms with Gasteiger partial charge in [-0.3, -0.25) is 4.90 Å². The van der Waals surface area contributed by atoms with E-state index in [1.807, 2.05) is 6.92 Å². The van der Waals surface area contributed by atoms with E-state index in [1.165, 1.54) is 4.31 Å². The normalized spacial score (nSPS) is 22.0. The third-order valence-electron chi connectivity index (χ3n) is 3.32. The van der Waals surface area contributed by atoms with E-state index in [2.05, 4.69) is 10.1 Å². The molecule has 1 saturated heterocycles. The van der Waals surface area contributed by atoms with Gasteiger partial charge in [0.05, 0.1) is 11.8 Å². The van der Waals surface area contributed by atoms with Crippen LogP contribution in [0.1, 0.15) is 20.3 Å². The van der Waals surface area contributed by atoms with Crippen LogP contribution in [-0.4, -0.2) is 66.6 Å². The van der Waals surface area contributed by atoms with Gasteiger partial charge in [0.15, 0.2) is 5.84 Å². The highest BCUT2D eigenvalue weighted by atomic mass is 32.2. The van der Waals surface area contributed by atoms with Crippen LogP contribution in [0.3, 0.4) is 0 Å². The van der Waals surface area contributed by atoms with Gasteiger partial charge in [-0.15, -0.1) is 0 Å². The summed E-state index contributed by atoms with van der Waals surface area (Å²) in [6, 6.07) is -0.124. The molecule has 1 aliphatic heterocycles. The number of nitrogens with two attached hydrogens (primary N) is 1. The van der Waals surface area contributed by atoms with Crippen molar-refractivity contribution in [3.05, 3.63) is 0 Å². The van der Waals surface area contributed by atoms with Crippen LogP contribution in [0, 0.1) is 0 Å². The SMILES string of the molecule is CCC(/C(N)=N/O)N1CCN(S(=O)(=O)CC)CC1. The summed E-state index contributed by atoms with van der Waals surface area (Å²) in [5.74, 6) is 0.314. The van der Waals surface area contributed by atoms with Crippen LogP contribution < -0.4 is 5.73 Å². The first-order valence-corrected chi connectivity index (χ1v) is 7.76. The van der Waals surface area contributed by atoms with Crippen molar-refractivity contribution in [1.29, 1.82) is 0 Å². The summed E-state index contributed by atoms with van der Waals surface area (Å²) < 4.78 is 24.9. The number of piperazine rings is 1. The second-order valence-electron chi connectivity index (χ2n) is 4.28. The molecule has 0 bridgehead atoms. The fourth-order valence-electron chi connectivity index (χ4n) is 2.20. The minimum absolute atomic E-state index is 0.124. The van der Waals surface area contributed by atoms with Gasteiger partial charge in [-0.2, -0.15) is 4.31 Å². The van der Waals surface area contributed by atoms with Gasteiger partial charge in [-0.25, -0.2) is 8.42 Å². The summed E-state index contributed by atoms with van der Waals surface area (Å²) in [6.45, 7) is 5.74. The van der Waals surface area contributed by atoms with Gasteiger partial charge in [-0.1, -0.05) is 12.1 Å². The quantitative estimate of drug-likeness (QED) is 0.305. The number of hydrogen-bond donors (Lipinski definition) is 2. The Kier molecular flexibility index (Phi) is 5.36. The van der Waals surface area contributed by atoms with Gasteiger partial charge in [0.1, 0.15) is 0 Å². The highest BCUT2D eigenvalue weighted by Gasteiger charge is 2.29. The van der Waals surface area contributed by atoms with E-state index in [-0.39, 0.29) is 17.6 Å². The van der Waals surface area contributed by atoms with E-state index in [4.69, 9.17) is 10.9 Å². The summed E-state index contributed by atoms with van der Waals surface area (Å²) in [7, 11) is -3.11. The molecule has 18 heavy (non-hydrogen) atoms. The molecule has 0 amide bonds. The molecule has 1 atom stereocenters. The Bertz CT molecular complexity index is 388. The van der Waals surface area contributed by atoms with Gasteiger partial charge in [-0.05, 0) is 13.3 Å². The lowest BCUT2D eigenvalue weighted by atomic mass is 10.1. The smallest absolute Gasteiger partial charge is 0.213 e. The zero-order valence-corrected chi connectivity index (χ0v) is 11.7. The average molecular weight is 278 g/mol. The van der Waals surface area contributed by atoms with Crippen molar-refractivity contribution < 1.29 is 13.6 Å². The Hall–Kier alpha value is -0.860. The van der Waals surface area contributed by atoms with Gasteiger partial charge >= 0.3 is 0 Å². The Morgan fingerprint density at radius 2 is 1.89 bits per heavy atom. The number of oxime groups is 1. The van der Waals surface area contributed by atoms with Crippen molar-refractivity contribution >= 4 is 15.9 Å². The molecule has 0 saturated carbocycles. The number of nitrogens with zero attached hydrogens (tertiary/aromatic N) is 3. The van der Waals surface area contributed by atoms with Crippen LogP contribution in [0.25, 0.3) is 0 Å². The Balaban J connectivity index is 2.64. The van der Waals surface area contributed by atoms with Crippen molar-refractivity contribution in [3.63, 3.8) is 0 Å². The summed E-state index contributed by atoms with van der Waals surface area (Å²) in [5, 5.41) is 11.8. The van der Waals surface area contributed by atoms with Crippen molar-refractivity contribution in [2.75, 3.05) is 31.9 Å². The minimum atomic E-state index is -3.11. The molecule has 7 nitrogen and oxygen atoms in total. The van der Waals surface area contributed by atoms with Crippen molar-refractivity contribution in [1.82, 2.24) is 9.21 Å². The fourth-order valence-corrected chi connectivity index (χ4v) is 3.28. The first-order chi connectivity index (χ1) is 8.46. The predicted molar refractivity (Wildman–Crippen MR) is 70.1 cm³/mol. The molecule has 106 valence electrons. The Morgan fingerprint density at radius 3 is 2.28 bits per heavy atom. The molecular weight excluding hydrogens is 256 g/mol. The molecule has 0 aromatic rings. The van der Waals surface area contributed by atoms with Crippen LogP contribution in [-0.2, 0) is 10.0 Å². The van der Waals surface area contributed by atoms with E-state index < -0.39 is 10.0 Å². The minimum Gasteiger partial charge on any atom is -0.409 e. The third-order valence-corrected chi connectivity index (χ3v) is 5.20. The summed E-state index contributed by atoms with van der Waals surface area (Å²) >= 11 is 0. The van der Waals surface area contributed by atoms with Gasteiger partial charge in [0, 0.05) is 26.2 Å². The molecule has 0 spiro atoms. The molecule has 3 N–H and O–H groups in total. The van der Waals surface area contributed by atoms with Gasteiger partial charge < -0.3 is 10.9 Å². The van der Waals surface area contributed by atoms with Crippen molar-refractivity contribution in [2.24, 2.45) is 10.9 Å². The fraction of sp³-hybridized carbons (Fsp3) is 0.900. The summed E-state index contributed by atoms with van der Waals surface area (Å²) in [5.41, 5.74) is 5.63. The van der Waals surface area contributed by atoms with Crippen molar-refractivity contribution in [2.45, 2.75) is 26.3 Å². The molecular formula is C10H22N4O3S. The molecule has 8 heteroatoms. The largest absolute Gasteiger partial charge is 0.409 e. The van der Waals surface area contributed by atoms with Crippen LogP contribution in [0.15, 0.2) is 5.16 Å². The number of amidine groups is 1. The number of hydrogen-bond acceptors (Lipinski definition) is 5. The molecule has 0 radical (unpaired) electrons. The summed E-state index contributed by atoms with van der Waals surface area (Å²) in [4.78, 5) is 2.05. The van der Waals surface area contributed by atoms with Gasteiger partial charge in [0.25, 0.3) is 0 Å². The Labute approximate surface area is 108 Å². The monoisotopic (exact) mass is 278 g/mol. The molecule has 1 fully saturated rings. The zero-order chi connectivity index (χ0) is 13.8. The van der Waals surface area contributed by atoms with Gasteiger partial charge in [0.2, 0.25) is 10.0 Å². The van der Waals surface area contributed by atoms with Crippen LogP contribution in [0.5, 0.6) is 0 Å². The average Bonchev–Trinajstić information content (AvgIpc) is 2.40. The molecule has 0 aromatic carbocycles. The van der Waals surface area contributed by atoms with Crippen LogP contribution >= 0.6 is 0 Å². The highest BCUT2D eigenvalue weighted by molar-refractivity contribution is 7.89. The summed E-state index contributed by atoms with van der Waals surface area (Å²) in [6.07, 6.45) is 0.733. The van der Waals surface area contributed by atoms with E-state index in [9.17, 15) is 8.42 Å². The van der Waals surface area contributed by atoms with Crippen molar-refractivity contribution in [3.8, 4) is 0 Å². The van der Waals surface area contributed by atoms with E-state index in [0.717, 1.165) is 6.42 Å². The van der Waals surface area contributed by atoms with E-state index in [0.29, 0.717) is 26.2 Å². The molecule has 1 unspecified atom stereocenters. The first-order valence-electron chi connectivity index (χ1n) is 6.15. The lowest BCUT2D eigenvalue weighted by Crippen LogP contribution is -2.55. The lowest BCUT2D eigenvalue weighted by Gasteiger charge is -2.37. The molecule has 0 aliphatic carbocycles. The lowest BCUT2D eigenvalue weighted by molar-refractivity contribution is 0.161. The van der Waals surface area contributed by atoms with Crippen LogP contribution in [0.4, 0.5) is 0 Å². The van der Waals surface area contributed by atoms with Crippen LogP contribution in [0.2, 0.25) is 0 Å². The maximum atomic E-state index is 11.7. The highest BCUT2D eigenvalue weighted by Crippen LogP contribution is 2.12. The van der Waals surface area contributed by atoms with E-state index >= 15 is 0 Å². The Morgan fingerprint density at radius 1 is 1.33 bits per heavy atom. The molecule has 1 heterocycles. The topological polar surface area (TPSA) is 99.2 Å². The predicted octanol–water partition coefficient (Wildman–Crippen LogP) is -0.521. The molecule has 0 aromatic heterocycles. The second kappa shape index (κ2) is 6.35. The van der Waals surface area contributed by atoms with E-state index in [1.54, 1.807) is 6.92 Å². The maximum Gasteiger partial charge on any atom is 0.213 e. The first kappa shape index (κ1) is 15.2. The maximum absolute atomic E-state index is 11.7. The number of rotatable bonds is 5. The third kappa shape index (κ3) is 3.33. The zero-order valence-electron chi connectivity index (χ0n) is 10.9. The second-order valence-corrected chi connectivity index (χ2v) is 6.54.